The van der Waals surface area contributed by atoms with Crippen molar-refractivity contribution in [2.45, 2.75) is 26.2 Å². The van der Waals surface area contributed by atoms with Gasteiger partial charge >= 0.3 is 0 Å². The fourth-order valence-corrected chi connectivity index (χ4v) is 5.31. The molecule has 6 aromatic carbocycles. The lowest BCUT2D eigenvalue weighted by Crippen LogP contribution is -1.91. The quantitative estimate of drug-likeness (QED) is 0.236. The summed E-state index contributed by atoms with van der Waals surface area (Å²) in [4.78, 5) is 0. The van der Waals surface area contributed by atoms with Crippen LogP contribution in [0.2, 0.25) is 0 Å². The normalized spacial score (nSPS) is 11.4. The summed E-state index contributed by atoms with van der Waals surface area (Å²) in [5, 5.41) is 7.79. The van der Waals surface area contributed by atoms with Gasteiger partial charge in [-0.3, -0.25) is 0 Å². The van der Waals surface area contributed by atoms with E-state index in [0.29, 0.717) is 0 Å². The van der Waals surface area contributed by atoms with Crippen LogP contribution < -0.4 is 0 Å². The van der Waals surface area contributed by atoms with E-state index >= 15 is 0 Å². The van der Waals surface area contributed by atoms with E-state index in [0.717, 1.165) is 6.42 Å². The third-order valence-electron chi connectivity index (χ3n) is 7.03. The Balaban J connectivity index is 1.64. The fourth-order valence-electron chi connectivity index (χ4n) is 5.31. The number of benzene rings is 6. The molecule has 0 aliphatic heterocycles. The van der Waals surface area contributed by atoms with Crippen LogP contribution in [0.1, 0.15) is 25.3 Å². The Hall–Kier alpha value is -3.90. The largest absolute Gasteiger partial charge is 0.0654 e. The van der Waals surface area contributed by atoms with E-state index in [2.05, 4.69) is 122 Å². The Morgan fingerprint density at radius 2 is 0.971 bits per heavy atom. The molecular weight excluding hydrogens is 408 g/mol. The van der Waals surface area contributed by atoms with Crippen molar-refractivity contribution in [2.24, 2.45) is 0 Å². The van der Waals surface area contributed by atoms with Crippen LogP contribution in [0.4, 0.5) is 0 Å². The van der Waals surface area contributed by atoms with Crippen LogP contribution in [-0.2, 0) is 6.42 Å². The second-order valence-corrected chi connectivity index (χ2v) is 9.20. The maximum absolute atomic E-state index is 2.34. The molecular formula is C34H28. The van der Waals surface area contributed by atoms with E-state index in [1.165, 1.54) is 73.0 Å². The highest BCUT2D eigenvalue weighted by atomic mass is 14.2. The second-order valence-electron chi connectivity index (χ2n) is 9.20. The summed E-state index contributed by atoms with van der Waals surface area (Å²) < 4.78 is 0. The molecule has 0 atom stereocenters. The molecule has 0 aliphatic rings. The SMILES string of the molecule is CCCCc1ccc(-c2c3ccccc3c(-c3ccc4ccccc4c3)c3ccccc23)cc1. The van der Waals surface area contributed by atoms with Crippen LogP contribution >= 0.6 is 0 Å². The molecule has 6 aromatic rings. The third kappa shape index (κ3) is 3.56. The zero-order chi connectivity index (χ0) is 22.9. The first-order chi connectivity index (χ1) is 16.8. The van der Waals surface area contributed by atoms with Crippen molar-refractivity contribution in [3.63, 3.8) is 0 Å². The Kier molecular flexibility index (Phi) is 5.35. The predicted molar refractivity (Wildman–Crippen MR) is 148 cm³/mol. The lowest BCUT2D eigenvalue weighted by atomic mass is 9.85. The van der Waals surface area contributed by atoms with Crippen LogP contribution in [0, 0.1) is 0 Å². The van der Waals surface area contributed by atoms with Crippen LogP contribution in [0.3, 0.4) is 0 Å². The molecule has 0 amide bonds. The molecule has 0 fully saturated rings. The molecule has 0 bridgehead atoms. The van der Waals surface area contributed by atoms with Gasteiger partial charge < -0.3 is 0 Å². The average Bonchev–Trinajstić information content (AvgIpc) is 2.90. The summed E-state index contributed by atoms with van der Waals surface area (Å²) in [7, 11) is 0. The maximum Gasteiger partial charge on any atom is -0.00262 e. The van der Waals surface area contributed by atoms with Crippen molar-refractivity contribution in [3.8, 4) is 22.3 Å². The summed E-state index contributed by atoms with van der Waals surface area (Å²) in [6, 6.07) is 42.5. The van der Waals surface area contributed by atoms with E-state index in [-0.39, 0.29) is 0 Å². The molecule has 0 aliphatic carbocycles. The summed E-state index contributed by atoms with van der Waals surface area (Å²) in [6.45, 7) is 2.25. The Labute approximate surface area is 201 Å². The average molecular weight is 437 g/mol. The molecule has 0 nitrogen and oxygen atoms in total. The number of rotatable bonds is 5. The number of unbranched alkanes of at least 4 members (excludes halogenated alkanes) is 1. The van der Waals surface area contributed by atoms with Crippen molar-refractivity contribution >= 4 is 32.3 Å². The molecule has 0 radical (unpaired) electrons. The highest BCUT2D eigenvalue weighted by molar-refractivity contribution is 6.21. The highest BCUT2D eigenvalue weighted by Crippen LogP contribution is 2.44. The van der Waals surface area contributed by atoms with Gasteiger partial charge in [-0.05, 0) is 79.0 Å². The first-order valence-electron chi connectivity index (χ1n) is 12.4. The van der Waals surface area contributed by atoms with E-state index in [4.69, 9.17) is 0 Å². The van der Waals surface area contributed by atoms with Gasteiger partial charge in [0.1, 0.15) is 0 Å². The van der Waals surface area contributed by atoms with Crippen LogP contribution in [0.5, 0.6) is 0 Å². The zero-order valence-corrected chi connectivity index (χ0v) is 19.6. The molecule has 0 saturated heterocycles. The fraction of sp³-hybridized carbons (Fsp3) is 0.118. The Morgan fingerprint density at radius 1 is 0.471 bits per heavy atom. The number of hydrogen-bond donors (Lipinski definition) is 0. The van der Waals surface area contributed by atoms with Crippen LogP contribution in [-0.4, -0.2) is 0 Å². The van der Waals surface area contributed by atoms with Gasteiger partial charge in [-0.25, -0.2) is 0 Å². The van der Waals surface area contributed by atoms with Gasteiger partial charge in [0.25, 0.3) is 0 Å². The molecule has 0 aromatic heterocycles. The lowest BCUT2D eigenvalue weighted by Gasteiger charge is -2.18. The molecule has 164 valence electrons. The van der Waals surface area contributed by atoms with E-state index in [9.17, 15) is 0 Å². The smallest absolute Gasteiger partial charge is 0.00262 e. The monoisotopic (exact) mass is 436 g/mol. The van der Waals surface area contributed by atoms with Crippen molar-refractivity contribution in [1.82, 2.24) is 0 Å². The Bertz CT molecular complexity index is 1560. The molecule has 0 unspecified atom stereocenters. The van der Waals surface area contributed by atoms with Gasteiger partial charge in [0.15, 0.2) is 0 Å². The number of aryl methyl sites for hydroxylation is 1. The van der Waals surface area contributed by atoms with Gasteiger partial charge in [0.2, 0.25) is 0 Å². The minimum atomic E-state index is 1.15. The molecule has 0 heteroatoms. The third-order valence-corrected chi connectivity index (χ3v) is 7.03. The van der Waals surface area contributed by atoms with E-state index in [1.807, 2.05) is 0 Å². The highest BCUT2D eigenvalue weighted by Gasteiger charge is 2.16. The van der Waals surface area contributed by atoms with Gasteiger partial charge in [-0.2, -0.15) is 0 Å². The molecule has 0 saturated carbocycles. The van der Waals surface area contributed by atoms with Gasteiger partial charge in [-0.1, -0.05) is 123 Å². The minimum Gasteiger partial charge on any atom is -0.0654 e. The van der Waals surface area contributed by atoms with Crippen molar-refractivity contribution in [1.29, 1.82) is 0 Å². The predicted octanol–water partition coefficient (Wildman–Crippen LogP) is 9.82. The zero-order valence-electron chi connectivity index (χ0n) is 19.6. The standard InChI is InChI=1S/C34H28/c1-2-3-10-24-17-19-26(20-18-24)33-29-13-6-8-15-31(29)34(32-16-9-7-14-30(32)33)28-22-21-25-11-4-5-12-27(25)23-28/h4-9,11-23H,2-3,10H2,1H3. The summed E-state index contributed by atoms with van der Waals surface area (Å²) in [5.41, 5.74) is 6.63. The molecule has 6 rings (SSSR count). The molecule has 34 heavy (non-hydrogen) atoms. The number of hydrogen-bond acceptors (Lipinski definition) is 0. The molecule has 0 spiro atoms. The van der Waals surface area contributed by atoms with Gasteiger partial charge in [0, 0.05) is 0 Å². The summed E-state index contributed by atoms with van der Waals surface area (Å²) in [5.74, 6) is 0. The van der Waals surface area contributed by atoms with Crippen LogP contribution in [0.25, 0.3) is 54.6 Å². The van der Waals surface area contributed by atoms with Gasteiger partial charge in [-0.15, -0.1) is 0 Å². The lowest BCUT2D eigenvalue weighted by molar-refractivity contribution is 0.795. The first-order valence-corrected chi connectivity index (χ1v) is 12.4. The van der Waals surface area contributed by atoms with Crippen molar-refractivity contribution in [2.75, 3.05) is 0 Å². The van der Waals surface area contributed by atoms with Crippen LogP contribution in [0.15, 0.2) is 115 Å². The molecule has 0 N–H and O–H groups in total. The van der Waals surface area contributed by atoms with E-state index in [1.54, 1.807) is 0 Å². The molecule has 0 heterocycles. The van der Waals surface area contributed by atoms with E-state index < -0.39 is 0 Å². The summed E-state index contributed by atoms with van der Waals surface area (Å²) >= 11 is 0. The topological polar surface area (TPSA) is 0 Å². The maximum atomic E-state index is 2.34. The second kappa shape index (κ2) is 8.80. The van der Waals surface area contributed by atoms with Gasteiger partial charge in [0.05, 0.1) is 0 Å². The minimum absolute atomic E-state index is 1.15. The summed E-state index contributed by atoms with van der Waals surface area (Å²) in [6.07, 6.45) is 3.62. The van der Waals surface area contributed by atoms with Crippen molar-refractivity contribution < 1.29 is 0 Å². The van der Waals surface area contributed by atoms with Crippen molar-refractivity contribution in [3.05, 3.63) is 121 Å². The number of fused-ring (bicyclic) bond motifs is 3. The first kappa shape index (κ1) is 20.7. The Morgan fingerprint density at radius 3 is 1.56 bits per heavy atom.